The summed E-state index contributed by atoms with van der Waals surface area (Å²) >= 11 is 0. The number of benzene rings is 2. The molecule has 0 aromatic heterocycles. The molecule has 2 aliphatic heterocycles. The van der Waals surface area contributed by atoms with Crippen molar-refractivity contribution < 1.29 is 23.1 Å². The third kappa shape index (κ3) is 2.39. The Bertz CT molecular complexity index is 1060. The molecule has 2 heterocycles. The lowest BCUT2D eigenvalue weighted by molar-refractivity contribution is 0.101. The molecule has 4 rings (SSSR count). The highest BCUT2D eigenvalue weighted by Crippen LogP contribution is 2.36. The fraction of sp³-hybridized carbons (Fsp3) is 0.211. The van der Waals surface area contributed by atoms with Crippen molar-refractivity contribution in [2.75, 3.05) is 13.7 Å². The van der Waals surface area contributed by atoms with E-state index in [1.165, 1.54) is 19.2 Å². The van der Waals surface area contributed by atoms with E-state index >= 15 is 0 Å². The zero-order valence-corrected chi connectivity index (χ0v) is 14.9. The van der Waals surface area contributed by atoms with Gasteiger partial charge in [-0.15, -0.1) is 0 Å². The van der Waals surface area contributed by atoms with Crippen molar-refractivity contribution in [3.8, 4) is 5.75 Å². The number of carbonyl (C=O) groups is 1. The maximum absolute atomic E-state index is 13.0. The highest BCUT2D eigenvalue weighted by molar-refractivity contribution is 7.89. The first-order valence-corrected chi connectivity index (χ1v) is 9.67. The second-order valence-electron chi connectivity index (χ2n) is 6.27. The molecular weight excluding hydrogens is 354 g/mol. The normalized spacial score (nSPS) is 18.0. The fourth-order valence-corrected chi connectivity index (χ4v) is 4.72. The molecule has 0 spiro atoms. The van der Waals surface area contributed by atoms with Crippen molar-refractivity contribution in [3.05, 3.63) is 64.9 Å². The Hall–Kier alpha value is -2.80. The molecule has 0 bridgehead atoms. The third-order valence-corrected chi connectivity index (χ3v) is 6.52. The minimum atomic E-state index is -3.90. The van der Waals surface area contributed by atoms with Crippen LogP contribution in [0, 0.1) is 0 Å². The summed E-state index contributed by atoms with van der Waals surface area (Å²) in [5.74, 6) is -0.144. The first-order chi connectivity index (χ1) is 12.4. The molecule has 0 unspecified atom stereocenters. The second kappa shape index (κ2) is 5.88. The molecular formula is C19H17NO5S. The number of aliphatic hydroxyl groups excluding tert-OH is 1. The Balaban J connectivity index is 1.85. The molecule has 0 aliphatic carbocycles. The Morgan fingerprint density at radius 3 is 2.77 bits per heavy atom. The van der Waals surface area contributed by atoms with Gasteiger partial charge in [-0.05, 0) is 48.7 Å². The number of sulfonamides is 1. The lowest BCUT2D eigenvalue weighted by Gasteiger charge is -2.28. The third-order valence-electron chi connectivity index (χ3n) is 4.71. The SMILES string of the molecule is CN1C(C(=O)c2ccc3c(c2)CCCO3)=C(O)c2ccccc2S1(=O)=O. The summed E-state index contributed by atoms with van der Waals surface area (Å²) in [6, 6.07) is 11.1. The second-order valence-corrected chi connectivity index (χ2v) is 8.21. The van der Waals surface area contributed by atoms with Gasteiger partial charge >= 0.3 is 0 Å². The zero-order chi connectivity index (χ0) is 18.5. The molecule has 0 atom stereocenters. The van der Waals surface area contributed by atoms with E-state index in [-0.39, 0.29) is 21.9 Å². The van der Waals surface area contributed by atoms with Crippen LogP contribution in [0.2, 0.25) is 0 Å². The van der Waals surface area contributed by atoms with Crippen LogP contribution in [-0.4, -0.2) is 37.3 Å². The van der Waals surface area contributed by atoms with E-state index in [0.29, 0.717) is 12.2 Å². The van der Waals surface area contributed by atoms with Gasteiger partial charge in [0.25, 0.3) is 10.0 Å². The minimum Gasteiger partial charge on any atom is -0.505 e. The van der Waals surface area contributed by atoms with Crippen LogP contribution < -0.4 is 4.74 Å². The molecule has 6 nitrogen and oxygen atoms in total. The first kappa shape index (κ1) is 16.7. The topological polar surface area (TPSA) is 83.9 Å². The van der Waals surface area contributed by atoms with Gasteiger partial charge in [-0.2, -0.15) is 0 Å². The van der Waals surface area contributed by atoms with E-state index in [4.69, 9.17) is 4.74 Å². The van der Waals surface area contributed by atoms with Gasteiger partial charge in [0.05, 0.1) is 11.5 Å². The van der Waals surface area contributed by atoms with Crippen LogP contribution in [0.4, 0.5) is 0 Å². The van der Waals surface area contributed by atoms with E-state index in [0.717, 1.165) is 28.5 Å². The molecule has 7 heteroatoms. The molecule has 2 aromatic carbocycles. The molecule has 0 amide bonds. The Labute approximate surface area is 151 Å². The summed E-state index contributed by atoms with van der Waals surface area (Å²) in [5.41, 5.74) is 1.11. The molecule has 26 heavy (non-hydrogen) atoms. The quantitative estimate of drug-likeness (QED) is 0.821. The number of likely N-dealkylation sites (N-methyl/N-ethyl adjacent to an activating group) is 1. The Morgan fingerprint density at radius 2 is 1.96 bits per heavy atom. The first-order valence-electron chi connectivity index (χ1n) is 8.23. The number of rotatable bonds is 2. The van der Waals surface area contributed by atoms with Crippen molar-refractivity contribution in [1.29, 1.82) is 0 Å². The number of fused-ring (bicyclic) bond motifs is 2. The summed E-state index contributed by atoms with van der Waals surface area (Å²) in [5, 5.41) is 10.6. The molecule has 134 valence electrons. The lowest BCUT2D eigenvalue weighted by atomic mass is 9.99. The van der Waals surface area contributed by atoms with Gasteiger partial charge in [0.15, 0.2) is 5.76 Å². The summed E-state index contributed by atoms with van der Waals surface area (Å²) in [7, 11) is -2.63. The Morgan fingerprint density at radius 1 is 1.19 bits per heavy atom. The number of carbonyl (C=O) groups excluding carboxylic acids is 1. The van der Waals surface area contributed by atoms with Crippen LogP contribution in [0.25, 0.3) is 5.76 Å². The van der Waals surface area contributed by atoms with Crippen molar-refractivity contribution in [2.24, 2.45) is 0 Å². The number of aryl methyl sites for hydroxylation is 1. The number of allylic oxidation sites excluding steroid dienone is 1. The number of hydrogen-bond donors (Lipinski definition) is 1. The Kier molecular flexibility index (Phi) is 3.77. The molecule has 0 saturated carbocycles. The molecule has 1 N–H and O–H groups in total. The van der Waals surface area contributed by atoms with Crippen molar-refractivity contribution in [1.82, 2.24) is 4.31 Å². The number of hydrogen-bond acceptors (Lipinski definition) is 5. The molecule has 0 saturated heterocycles. The van der Waals surface area contributed by atoms with Gasteiger partial charge in [-0.3, -0.25) is 9.10 Å². The number of ketones is 1. The number of nitrogens with zero attached hydrogens (tertiary/aromatic N) is 1. The highest BCUT2D eigenvalue weighted by Gasteiger charge is 2.38. The molecule has 0 fully saturated rings. The van der Waals surface area contributed by atoms with Crippen LogP contribution in [0.15, 0.2) is 53.1 Å². The largest absolute Gasteiger partial charge is 0.505 e. The maximum Gasteiger partial charge on any atom is 0.265 e. The minimum absolute atomic E-state index is 0.0182. The number of aliphatic hydroxyl groups is 1. The van der Waals surface area contributed by atoms with Gasteiger partial charge in [0.1, 0.15) is 11.4 Å². The van der Waals surface area contributed by atoms with Crippen LogP contribution in [0.3, 0.4) is 0 Å². The van der Waals surface area contributed by atoms with Gasteiger partial charge in [0.2, 0.25) is 5.78 Å². The number of ether oxygens (including phenoxy) is 1. The van der Waals surface area contributed by atoms with Crippen molar-refractivity contribution >= 4 is 21.6 Å². The van der Waals surface area contributed by atoms with Crippen LogP contribution >= 0.6 is 0 Å². The van der Waals surface area contributed by atoms with Crippen molar-refractivity contribution in [3.63, 3.8) is 0 Å². The molecule has 2 aliphatic rings. The molecule has 2 aromatic rings. The predicted molar refractivity (Wildman–Crippen MR) is 95.5 cm³/mol. The summed E-state index contributed by atoms with van der Waals surface area (Å²) < 4.78 is 31.9. The van der Waals surface area contributed by atoms with Crippen LogP contribution in [0.5, 0.6) is 5.75 Å². The van der Waals surface area contributed by atoms with Gasteiger partial charge < -0.3 is 9.84 Å². The summed E-state index contributed by atoms with van der Waals surface area (Å²) in [6.07, 6.45) is 1.65. The smallest absolute Gasteiger partial charge is 0.265 e. The van der Waals surface area contributed by atoms with Gasteiger partial charge in [0, 0.05) is 18.2 Å². The average molecular weight is 371 g/mol. The maximum atomic E-state index is 13.0. The summed E-state index contributed by atoms with van der Waals surface area (Å²) in [4.78, 5) is 13.0. The highest BCUT2D eigenvalue weighted by atomic mass is 32.2. The van der Waals surface area contributed by atoms with E-state index in [1.54, 1.807) is 30.3 Å². The lowest BCUT2D eigenvalue weighted by Crippen LogP contribution is -2.35. The average Bonchev–Trinajstić information content (AvgIpc) is 2.66. The standard InChI is InChI=1S/C19H17NO5S/c1-20-17(19(22)14-6-2-3-7-16(14)26(20,23)24)18(21)13-8-9-15-12(11-13)5-4-10-25-15/h2-3,6-9,11,22H,4-5,10H2,1H3. The van der Waals surface area contributed by atoms with E-state index in [1.807, 2.05) is 0 Å². The van der Waals surface area contributed by atoms with Gasteiger partial charge in [-0.25, -0.2) is 8.42 Å². The number of Topliss-reactive ketones (excluding diaryl/α,β-unsaturated/α-hetero) is 1. The zero-order valence-electron chi connectivity index (χ0n) is 14.1. The molecule has 0 radical (unpaired) electrons. The van der Waals surface area contributed by atoms with Crippen LogP contribution in [0.1, 0.15) is 27.9 Å². The monoisotopic (exact) mass is 371 g/mol. The fourth-order valence-electron chi connectivity index (χ4n) is 3.32. The van der Waals surface area contributed by atoms with Crippen LogP contribution in [-0.2, 0) is 16.4 Å². The van der Waals surface area contributed by atoms with Crippen molar-refractivity contribution in [2.45, 2.75) is 17.7 Å². The van der Waals surface area contributed by atoms with E-state index < -0.39 is 15.8 Å². The predicted octanol–water partition coefficient (Wildman–Crippen LogP) is 2.76. The summed E-state index contributed by atoms with van der Waals surface area (Å²) in [6.45, 7) is 0.643. The van der Waals surface area contributed by atoms with E-state index in [2.05, 4.69) is 0 Å². The van der Waals surface area contributed by atoms with E-state index in [9.17, 15) is 18.3 Å². The van der Waals surface area contributed by atoms with Gasteiger partial charge in [-0.1, -0.05) is 12.1 Å².